The van der Waals surface area contributed by atoms with Crippen LogP contribution in [-0.2, 0) is 33.3 Å². The molecule has 0 aromatic carbocycles. The molecule has 2 amide bonds. The summed E-state index contributed by atoms with van der Waals surface area (Å²) in [5.41, 5.74) is 0. The number of unbranched alkanes of at least 4 members (excludes halogenated alkanes) is 3. The number of hydrogen-bond acceptors (Lipinski definition) is 15. The summed E-state index contributed by atoms with van der Waals surface area (Å²) in [5.74, 6) is -0.610. The van der Waals surface area contributed by atoms with Crippen molar-refractivity contribution in [2.45, 2.75) is 133 Å². The monoisotopic (exact) mass is 684 g/mol. The van der Waals surface area contributed by atoms with Gasteiger partial charge in [0.05, 0.1) is 25.4 Å². The number of ketones is 1. The van der Waals surface area contributed by atoms with Gasteiger partial charge in [0.15, 0.2) is 12.1 Å². The molecule has 0 aromatic rings. The topological polar surface area (TPSA) is 274 Å². The third-order valence-electron chi connectivity index (χ3n) is 7.71. The molecule has 0 bridgehead atoms. The lowest BCUT2D eigenvalue weighted by Gasteiger charge is -2.39. The van der Waals surface area contributed by atoms with Crippen LogP contribution in [0.15, 0.2) is 0 Å². The summed E-state index contributed by atoms with van der Waals surface area (Å²) in [4.78, 5) is 36.4. The number of aliphatic hydroxyl groups is 8. The van der Waals surface area contributed by atoms with Crippen molar-refractivity contribution >= 4 is 17.6 Å². The summed E-state index contributed by atoms with van der Waals surface area (Å²) in [5, 5.41) is 82.5. The Bertz CT molecular complexity index is 880. The predicted molar refractivity (Wildman–Crippen MR) is 163 cm³/mol. The Morgan fingerprint density at radius 3 is 2.11 bits per heavy atom. The van der Waals surface area contributed by atoms with E-state index in [1.807, 2.05) is 0 Å². The van der Waals surface area contributed by atoms with E-state index in [-0.39, 0.29) is 50.4 Å². The van der Waals surface area contributed by atoms with Gasteiger partial charge in [0.25, 0.3) is 0 Å². The van der Waals surface area contributed by atoms with Crippen LogP contribution >= 0.6 is 0 Å². The zero-order valence-corrected chi connectivity index (χ0v) is 27.3. The number of nitrogens with one attached hydrogen (secondary N) is 2. The molecule has 10 atom stereocenters. The van der Waals surface area contributed by atoms with Gasteiger partial charge in [0.2, 0.25) is 11.8 Å². The van der Waals surface area contributed by atoms with Crippen LogP contribution < -0.4 is 10.6 Å². The summed E-state index contributed by atoms with van der Waals surface area (Å²) < 4.78 is 21.1. The maximum atomic E-state index is 12.3. The van der Waals surface area contributed by atoms with Gasteiger partial charge in [0.1, 0.15) is 49.5 Å². The fraction of sp³-hybridized carbons (Fsp3) is 0.900. The van der Waals surface area contributed by atoms with Gasteiger partial charge in [-0.15, -0.1) is 0 Å². The number of carbonyl (C=O) groups excluding carboxylic acids is 3. The second-order valence-corrected chi connectivity index (χ2v) is 11.7. The SMILES string of the molecule is CC(=O)C(CCCCNC(=O)CCCCOC1OC(CO)C(O)C(O)C1O)NC(=O)CCCCOCOC(CO)C(O)C(O)C(C)O. The number of rotatable bonds is 26. The van der Waals surface area contributed by atoms with Crippen LogP contribution in [0.2, 0.25) is 0 Å². The van der Waals surface area contributed by atoms with E-state index in [1.165, 1.54) is 13.8 Å². The molecule has 1 fully saturated rings. The zero-order chi connectivity index (χ0) is 35.4. The Balaban J connectivity index is 2.13. The number of Topliss-reactive ketones (excluding diaryl/α,β-unsaturated/α-hetero) is 1. The first-order valence-electron chi connectivity index (χ1n) is 16.2. The minimum atomic E-state index is -1.51. The second-order valence-electron chi connectivity index (χ2n) is 11.7. The molecular formula is C30H56N2O15. The molecule has 1 heterocycles. The summed E-state index contributed by atoms with van der Waals surface area (Å²) in [6.45, 7) is 2.07. The van der Waals surface area contributed by atoms with E-state index >= 15 is 0 Å². The molecule has 10 N–H and O–H groups in total. The van der Waals surface area contributed by atoms with Crippen LogP contribution in [0.1, 0.15) is 71.6 Å². The highest BCUT2D eigenvalue weighted by atomic mass is 16.7. The van der Waals surface area contributed by atoms with Gasteiger partial charge in [-0.1, -0.05) is 0 Å². The Kier molecular flexibility index (Phi) is 22.3. The highest BCUT2D eigenvalue weighted by molar-refractivity contribution is 5.87. The Morgan fingerprint density at radius 1 is 0.830 bits per heavy atom. The predicted octanol–water partition coefficient (Wildman–Crippen LogP) is -3.04. The number of carbonyl (C=O) groups is 3. The largest absolute Gasteiger partial charge is 0.394 e. The van der Waals surface area contributed by atoms with Gasteiger partial charge in [0, 0.05) is 32.6 Å². The van der Waals surface area contributed by atoms with Crippen molar-refractivity contribution in [2.24, 2.45) is 0 Å². The summed E-state index contributed by atoms with van der Waals surface area (Å²) in [6.07, 6.45) is -8.03. The Morgan fingerprint density at radius 2 is 1.49 bits per heavy atom. The smallest absolute Gasteiger partial charge is 0.220 e. The van der Waals surface area contributed by atoms with Gasteiger partial charge < -0.3 is 70.4 Å². The molecule has 1 aliphatic rings. The third kappa shape index (κ3) is 16.9. The van der Waals surface area contributed by atoms with Crippen LogP contribution in [0.25, 0.3) is 0 Å². The first kappa shape index (κ1) is 43.2. The van der Waals surface area contributed by atoms with E-state index in [0.717, 1.165) is 0 Å². The minimum Gasteiger partial charge on any atom is -0.394 e. The van der Waals surface area contributed by atoms with Gasteiger partial charge in [-0.05, 0) is 58.8 Å². The van der Waals surface area contributed by atoms with E-state index in [1.54, 1.807) is 0 Å². The quantitative estimate of drug-likeness (QED) is 0.0320. The van der Waals surface area contributed by atoms with Crippen molar-refractivity contribution in [1.29, 1.82) is 0 Å². The van der Waals surface area contributed by atoms with E-state index in [4.69, 9.17) is 18.9 Å². The average Bonchev–Trinajstić information content (AvgIpc) is 3.04. The summed E-state index contributed by atoms with van der Waals surface area (Å²) in [6, 6.07) is -0.634. The van der Waals surface area contributed by atoms with Crippen molar-refractivity contribution in [1.82, 2.24) is 10.6 Å². The lowest BCUT2D eigenvalue weighted by molar-refractivity contribution is -0.301. The molecule has 0 aromatic heterocycles. The molecular weight excluding hydrogens is 628 g/mol. The van der Waals surface area contributed by atoms with Gasteiger partial charge in [-0.2, -0.15) is 0 Å². The normalized spacial score (nSPS) is 24.6. The van der Waals surface area contributed by atoms with Crippen molar-refractivity contribution in [3.63, 3.8) is 0 Å². The van der Waals surface area contributed by atoms with Crippen LogP contribution in [0, 0.1) is 0 Å². The van der Waals surface area contributed by atoms with Crippen LogP contribution in [-0.4, -0.2) is 159 Å². The molecule has 0 spiro atoms. The molecule has 1 rings (SSSR count). The van der Waals surface area contributed by atoms with E-state index in [2.05, 4.69) is 10.6 Å². The minimum absolute atomic E-state index is 0.132. The fourth-order valence-electron chi connectivity index (χ4n) is 4.67. The van der Waals surface area contributed by atoms with E-state index in [0.29, 0.717) is 51.5 Å². The summed E-state index contributed by atoms with van der Waals surface area (Å²) >= 11 is 0. The number of aliphatic hydroxyl groups excluding tert-OH is 8. The van der Waals surface area contributed by atoms with Crippen LogP contribution in [0.4, 0.5) is 0 Å². The van der Waals surface area contributed by atoms with Gasteiger partial charge >= 0.3 is 0 Å². The molecule has 0 aliphatic carbocycles. The molecule has 10 unspecified atom stereocenters. The molecule has 1 aliphatic heterocycles. The average molecular weight is 685 g/mol. The van der Waals surface area contributed by atoms with E-state index in [9.17, 15) is 55.2 Å². The second kappa shape index (κ2) is 24.3. The Labute approximate surface area is 275 Å². The van der Waals surface area contributed by atoms with Crippen LogP contribution in [0.3, 0.4) is 0 Å². The lowest BCUT2D eigenvalue weighted by Crippen LogP contribution is -2.59. The zero-order valence-electron chi connectivity index (χ0n) is 27.3. The maximum absolute atomic E-state index is 12.3. The van der Waals surface area contributed by atoms with E-state index < -0.39 is 74.4 Å². The molecule has 1 saturated heterocycles. The lowest BCUT2D eigenvalue weighted by atomic mass is 9.99. The van der Waals surface area contributed by atoms with Gasteiger partial charge in [-0.25, -0.2) is 0 Å². The number of amides is 2. The fourth-order valence-corrected chi connectivity index (χ4v) is 4.67. The van der Waals surface area contributed by atoms with Crippen molar-refractivity contribution in [3.05, 3.63) is 0 Å². The highest BCUT2D eigenvalue weighted by Crippen LogP contribution is 2.22. The van der Waals surface area contributed by atoms with Crippen molar-refractivity contribution < 1.29 is 74.2 Å². The van der Waals surface area contributed by atoms with Crippen molar-refractivity contribution in [3.8, 4) is 0 Å². The molecule has 276 valence electrons. The maximum Gasteiger partial charge on any atom is 0.220 e. The molecule has 17 nitrogen and oxygen atoms in total. The molecule has 47 heavy (non-hydrogen) atoms. The molecule has 17 heteroatoms. The highest BCUT2D eigenvalue weighted by Gasteiger charge is 2.43. The summed E-state index contributed by atoms with van der Waals surface area (Å²) in [7, 11) is 0. The number of ether oxygens (including phenoxy) is 4. The van der Waals surface area contributed by atoms with Crippen molar-refractivity contribution in [2.75, 3.05) is 39.8 Å². The standard InChI is InChI=1S/C30H56N2O15/c1-18(35)20(32-24(38)11-4-7-13-44-17-46-21(15-33)26(40)25(39)19(2)36)9-3-6-12-31-23(37)10-5-8-14-45-30-29(43)28(42)27(41)22(16-34)47-30/h19-22,25-30,33-34,36,39-43H,3-17H2,1-2H3,(H,31,37)(H,32,38). The number of hydrogen-bond donors (Lipinski definition) is 10. The Hall–Kier alpha value is -1.87. The first-order chi connectivity index (χ1) is 22.3. The molecule has 0 radical (unpaired) electrons. The van der Waals surface area contributed by atoms with Crippen LogP contribution in [0.5, 0.6) is 0 Å². The third-order valence-corrected chi connectivity index (χ3v) is 7.71. The first-order valence-corrected chi connectivity index (χ1v) is 16.2. The molecule has 0 saturated carbocycles. The van der Waals surface area contributed by atoms with Gasteiger partial charge in [-0.3, -0.25) is 14.4 Å².